The molecule has 0 spiro atoms. The van der Waals surface area contributed by atoms with Gasteiger partial charge in [0.25, 0.3) is 5.91 Å². The summed E-state index contributed by atoms with van der Waals surface area (Å²) in [4.78, 5) is 13.2. The lowest BCUT2D eigenvalue weighted by Crippen LogP contribution is -2.35. The Hall–Kier alpha value is -1.61. The van der Waals surface area contributed by atoms with Crippen LogP contribution in [0.15, 0.2) is 24.3 Å². The van der Waals surface area contributed by atoms with Gasteiger partial charge in [0.05, 0.1) is 11.8 Å². The van der Waals surface area contributed by atoms with Gasteiger partial charge >= 0.3 is 6.18 Å². The maximum Gasteiger partial charge on any atom is 0.416 e. The van der Waals surface area contributed by atoms with Crippen molar-refractivity contribution in [2.75, 3.05) is 26.4 Å². The quantitative estimate of drug-likeness (QED) is 0.888. The van der Waals surface area contributed by atoms with Crippen LogP contribution in [-0.4, -0.2) is 45.6 Å². The van der Waals surface area contributed by atoms with E-state index in [4.69, 9.17) is 0 Å². The number of benzene rings is 1. The molecule has 0 unspecified atom stereocenters. The van der Waals surface area contributed by atoms with Crippen molar-refractivity contribution in [1.29, 1.82) is 0 Å². The predicted octanol–water partition coefficient (Wildman–Crippen LogP) is 1.33. The molecule has 118 valence electrons. The van der Waals surface area contributed by atoms with Gasteiger partial charge in [0.1, 0.15) is 0 Å². The summed E-state index contributed by atoms with van der Waals surface area (Å²) in [7, 11) is -1.91. The lowest BCUT2D eigenvalue weighted by molar-refractivity contribution is -0.137. The van der Waals surface area contributed by atoms with Gasteiger partial charge in [-0.1, -0.05) is 0 Å². The lowest BCUT2D eigenvalue weighted by atomic mass is 10.1. The number of rotatable bonds is 5. The van der Waals surface area contributed by atoms with Crippen molar-refractivity contribution in [2.24, 2.45) is 0 Å². The minimum atomic E-state index is -4.45. The summed E-state index contributed by atoms with van der Waals surface area (Å²) in [5.41, 5.74) is -0.731. The molecule has 1 amide bonds. The molecule has 0 aliphatic heterocycles. The molecule has 0 fully saturated rings. The Morgan fingerprint density at radius 3 is 2.19 bits per heavy atom. The van der Waals surface area contributed by atoms with Gasteiger partial charge in [0.15, 0.2) is 0 Å². The van der Waals surface area contributed by atoms with Crippen molar-refractivity contribution in [3.8, 4) is 0 Å². The Morgan fingerprint density at radius 1 is 1.24 bits per heavy atom. The van der Waals surface area contributed by atoms with Gasteiger partial charge in [-0.3, -0.25) is 4.79 Å². The zero-order valence-electron chi connectivity index (χ0n) is 11.4. The molecule has 1 rings (SSSR count). The van der Waals surface area contributed by atoms with E-state index in [0.717, 1.165) is 30.5 Å². The van der Waals surface area contributed by atoms with Gasteiger partial charge < -0.3 is 4.90 Å². The van der Waals surface area contributed by atoms with E-state index in [1.54, 1.807) is 0 Å². The largest absolute Gasteiger partial charge is 0.416 e. The maximum absolute atomic E-state index is 12.4. The summed E-state index contributed by atoms with van der Waals surface area (Å²) in [6, 6.07) is 3.84. The van der Waals surface area contributed by atoms with Gasteiger partial charge in [0.2, 0.25) is 10.0 Å². The molecule has 1 aromatic carbocycles. The zero-order chi connectivity index (χ0) is 16.3. The molecule has 0 aliphatic rings. The third-order valence-electron chi connectivity index (χ3n) is 2.62. The number of hydrogen-bond donors (Lipinski definition) is 1. The molecule has 9 heteroatoms. The Labute approximate surface area is 120 Å². The smallest absolute Gasteiger partial charge is 0.340 e. The van der Waals surface area contributed by atoms with Crippen molar-refractivity contribution < 1.29 is 26.4 Å². The van der Waals surface area contributed by atoms with E-state index in [2.05, 4.69) is 4.72 Å². The molecule has 0 atom stereocenters. The van der Waals surface area contributed by atoms with Crippen LogP contribution in [0, 0.1) is 0 Å². The number of amides is 1. The highest BCUT2D eigenvalue weighted by atomic mass is 32.2. The van der Waals surface area contributed by atoms with Crippen LogP contribution in [0.1, 0.15) is 15.9 Å². The molecule has 5 nitrogen and oxygen atoms in total. The SMILES string of the molecule is CN(CCNS(C)(=O)=O)C(=O)c1ccc(C(F)(F)F)cc1. The van der Waals surface area contributed by atoms with Crippen molar-refractivity contribution in [3.05, 3.63) is 35.4 Å². The summed E-state index contributed by atoms with van der Waals surface area (Å²) < 4.78 is 61.1. The summed E-state index contributed by atoms with van der Waals surface area (Å²) >= 11 is 0. The fraction of sp³-hybridized carbons (Fsp3) is 0.417. The number of carbonyl (C=O) groups is 1. The van der Waals surface area contributed by atoms with E-state index in [9.17, 15) is 26.4 Å². The average Bonchev–Trinajstić information content (AvgIpc) is 2.35. The number of alkyl halides is 3. The van der Waals surface area contributed by atoms with E-state index in [-0.39, 0.29) is 18.7 Å². The van der Waals surface area contributed by atoms with Crippen molar-refractivity contribution in [3.63, 3.8) is 0 Å². The number of hydrogen-bond acceptors (Lipinski definition) is 3. The van der Waals surface area contributed by atoms with Crippen LogP contribution in [0.25, 0.3) is 0 Å². The molecule has 21 heavy (non-hydrogen) atoms. The highest BCUT2D eigenvalue weighted by molar-refractivity contribution is 7.88. The predicted molar refractivity (Wildman–Crippen MR) is 71.3 cm³/mol. The molecule has 0 aromatic heterocycles. The number of nitrogens with zero attached hydrogens (tertiary/aromatic N) is 1. The van der Waals surface area contributed by atoms with Gasteiger partial charge in [-0.25, -0.2) is 13.1 Å². The summed E-state index contributed by atoms with van der Waals surface area (Å²) in [6.07, 6.45) is -3.46. The van der Waals surface area contributed by atoms with Crippen LogP contribution in [0.2, 0.25) is 0 Å². The average molecular weight is 324 g/mol. The van der Waals surface area contributed by atoms with Crippen LogP contribution < -0.4 is 4.72 Å². The second-order valence-electron chi connectivity index (χ2n) is 4.47. The minimum Gasteiger partial charge on any atom is -0.340 e. The lowest BCUT2D eigenvalue weighted by Gasteiger charge is -2.17. The van der Waals surface area contributed by atoms with Crippen molar-refractivity contribution >= 4 is 15.9 Å². The second kappa shape index (κ2) is 6.44. The molecule has 0 heterocycles. The van der Waals surface area contributed by atoms with Gasteiger partial charge in [0, 0.05) is 25.7 Å². The summed E-state index contributed by atoms with van der Waals surface area (Å²) in [5, 5.41) is 0. The van der Waals surface area contributed by atoms with Crippen LogP contribution in [0.5, 0.6) is 0 Å². The summed E-state index contributed by atoms with van der Waals surface area (Å²) in [6.45, 7) is 0.134. The molecular weight excluding hydrogens is 309 g/mol. The first kappa shape index (κ1) is 17.4. The normalized spacial score (nSPS) is 12.2. The van der Waals surface area contributed by atoms with E-state index >= 15 is 0 Å². The fourth-order valence-corrected chi connectivity index (χ4v) is 1.98. The highest BCUT2D eigenvalue weighted by Gasteiger charge is 2.30. The molecule has 0 radical (unpaired) electrons. The van der Waals surface area contributed by atoms with Crippen LogP contribution in [0.3, 0.4) is 0 Å². The van der Waals surface area contributed by atoms with Crippen LogP contribution in [-0.2, 0) is 16.2 Å². The van der Waals surface area contributed by atoms with E-state index in [1.165, 1.54) is 11.9 Å². The van der Waals surface area contributed by atoms with Gasteiger partial charge in [-0.15, -0.1) is 0 Å². The molecule has 0 saturated heterocycles. The number of likely N-dealkylation sites (N-methyl/N-ethyl adjacent to an activating group) is 1. The molecule has 0 aliphatic carbocycles. The second-order valence-corrected chi connectivity index (χ2v) is 6.30. The Balaban J connectivity index is 2.66. The minimum absolute atomic E-state index is 0.0295. The topological polar surface area (TPSA) is 66.5 Å². The molecule has 0 saturated carbocycles. The number of halogens is 3. The molecular formula is C12H15F3N2O3S. The van der Waals surface area contributed by atoms with Crippen LogP contribution in [0.4, 0.5) is 13.2 Å². The maximum atomic E-state index is 12.4. The van der Waals surface area contributed by atoms with E-state index < -0.39 is 27.7 Å². The Morgan fingerprint density at radius 2 is 1.76 bits per heavy atom. The van der Waals surface area contributed by atoms with Gasteiger partial charge in [-0.05, 0) is 24.3 Å². The van der Waals surface area contributed by atoms with Gasteiger partial charge in [-0.2, -0.15) is 13.2 Å². The van der Waals surface area contributed by atoms with Crippen molar-refractivity contribution in [1.82, 2.24) is 9.62 Å². The van der Waals surface area contributed by atoms with E-state index in [0.29, 0.717) is 0 Å². The van der Waals surface area contributed by atoms with E-state index in [1.807, 2.05) is 0 Å². The first-order valence-electron chi connectivity index (χ1n) is 5.88. The molecule has 1 aromatic rings. The monoisotopic (exact) mass is 324 g/mol. The number of nitrogens with one attached hydrogen (secondary N) is 1. The fourth-order valence-electron chi connectivity index (χ4n) is 1.52. The zero-order valence-corrected chi connectivity index (χ0v) is 12.3. The molecule has 1 N–H and O–H groups in total. The number of carbonyl (C=O) groups excluding carboxylic acids is 1. The van der Waals surface area contributed by atoms with Crippen LogP contribution >= 0.6 is 0 Å². The summed E-state index contributed by atoms with van der Waals surface area (Å²) in [5.74, 6) is -0.487. The third-order valence-corrected chi connectivity index (χ3v) is 3.35. The first-order chi connectivity index (χ1) is 9.50. The highest BCUT2D eigenvalue weighted by Crippen LogP contribution is 2.29. The molecule has 0 bridgehead atoms. The van der Waals surface area contributed by atoms with Crippen molar-refractivity contribution in [2.45, 2.75) is 6.18 Å². The standard InChI is InChI=1S/C12H15F3N2O3S/c1-17(8-7-16-21(2,19)20)11(18)9-3-5-10(6-4-9)12(13,14)15/h3-6,16H,7-8H2,1-2H3. The third kappa shape index (κ3) is 5.72. The first-order valence-corrected chi connectivity index (χ1v) is 7.77. The number of sulfonamides is 1. The Kier molecular flexibility index (Phi) is 5.35. The Bertz CT molecular complexity index is 597.